The molecule has 1 aromatic carbocycles. The van der Waals surface area contributed by atoms with Crippen LogP contribution in [0.3, 0.4) is 0 Å². The van der Waals surface area contributed by atoms with Gasteiger partial charge in [-0.15, -0.1) is 0 Å². The predicted octanol–water partition coefficient (Wildman–Crippen LogP) is 2.29. The van der Waals surface area contributed by atoms with Crippen molar-refractivity contribution < 1.29 is 9.47 Å². The molecule has 1 heterocycles. The van der Waals surface area contributed by atoms with Gasteiger partial charge in [0.1, 0.15) is 6.61 Å². The molecule has 0 amide bonds. The summed E-state index contributed by atoms with van der Waals surface area (Å²) in [4.78, 5) is 0. The molecule has 0 aliphatic carbocycles. The van der Waals surface area contributed by atoms with Crippen LogP contribution in [0.15, 0.2) is 30.5 Å². The molecule has 0 bridgehead atoms. The van der Waals surface area contributed by atoms with Gasteiger partial charge >= 0.3 is 0 Å². The zero-order chi connectivity index (χ0) is 15.2. The Bertz CT molecular complexity index is 581. The fraction of sp³-hybridized carbons (Fsp3) is 0.438. The van der Waals surface area contributed by atoms with Crippen LogP contribution in [0.5, 0.6) is 11.5 Å². The standard InChI is InChI=1S/C16H23N3O2/c1-4-13(17)9-12-5-6-15(16(10-12)20-3)21-11-14-7-8-19(2)18-14/h5-8,10,13H,4,9,11,17H2,1-3H3. The highest BCUT2D eigenvalue weighted by molar-refractivity contribution is 5.43. The fourth-order valence-corrected chi connectivity index (χ4v) is 2.10. The molecule has 0 fully saturated rings. The van der Waals surface area contributed by atoms with Crippen molar-refractivity contribution in [1.82, 2.24) is 9.78 Å². The Labute approximate surface area is 125 Å². The molecule has 0 spiro atoms. The van der Waals surface area contributed by atoms with E-state index in [1.807, 2.05) is 37.5 Å². The Morgan fingerprint density at radius 2 is 2.10 bits per heavy atom. The van der Waals surface area contributed by atoms with E-state index in [0.717, 1.165) is 35.6 Å². The second kappa shape index (κ2) is 7.13. The molecule has 1 unspecified atom stereocenters. The first-order valence-electron chi connectivity index (χ1n) is 7.16. The molecule has 0 aliphatic heterocycles. The van der Waals surface area contributed by atoms with Crippen molar-refractivity contribution in [3.8, 4) is 11.5 Å². The Kier molecular flexibility index (Phi) is 5.22. The molecule has 0 saturated heterocycles. The lowest BCUT2D eigenvalue weighted by Crippen LogP contribution is -2.21. The molecule has 0 saturated carbocycles. The highest BCUT2D eigenvalue weighted by Crippen LogP contribution is 2.29. The molecule has 2 N–H and O–H groups in total. The minimum atomic E-state index is 0.176. The molecular weight excluding hydrogens is 266 g/mol. The molecule has 2 aromatic rings. The smallest absolute Gasteiger partial charge is 0.161 e. The van der Waals surface area contributed by atoms with Crippen LogP contribution in [0.4, 0.5) is 0 Å². The van der Waals surface area contributed by atoms with Crippen LogP contribution in [0, 0.1) is 0 Å². The van der Waals surface area contributed by atoms with E-state index in [1.54, 1.807) is 11.8 Å². The van der Waals surface area contributed by atoms with Gasteiger partial charge in [-0.3, -0.25) is 4.68 Å². The van der Waals surface area contributed by atoms with Gasteiger partial charge in [0.05, 0.1) is 12.8 Å². The van der Waals surface area contributed by atoms with Crippen LogP contribution < -0.4 is 15.2 Å². The van der Waals surface area contributed by atoms with Crippen molar-refractivity contribution in [3.63, 3.8) is 0 Å². The third-order valence-corrected chi connectivity index (χ3v) is 3.39. The Hall–Kier alpha value is -2.01. The minimum Gasteiger partial charge on any atom is -0.493 e. The maximum absolute atomic E-state index is 5.99. The van der Waals surface area contributed by atoms with E-state index in [1.165, 1.54) is 0 Å². The van der Waals surface area contributed by atoms with Gasteiger partial charge < -0.3 is 15.2 Å². The van der Waals surface area contributed by atoms with Gasteiger partial charge in [-0.25, -0.2) is 0 Å². The maximum Gasteiger partial charge on any atom is 0.161 e. The van der Waals surface area contributed by atoms with Crippen molar-refractivity contribution in [1.29, 1.82) is 0 Å². The number of nitrogens with two attached hydrogens (primary N) is 1. The van der Waals surface area contributed by atoms with Crippen LogP contribution in [-0.2, 0) is 20.1 Å². The zero-order valence-electron chi connectivity index (χ0n) is 12.9. The highest BCUT2D eigenvalue weighted by atomic mass is 16.5. The van der Waals surface area contributed by atoms with Crippen LogP contribution >= 0.6 is 0 Å². The quantitative estimate of drug-likeness (QED) is 0.849. The number of benzene rings is 1. The SMILES string of the molecule is CCC(N)Cc1ccc(OCc2ccn(C)n2)c(OC)c1. The first-order valence-corrected chi connectivity index (χ1v) is 7.16. The van der Waals surface area contributed by atoms with Gasteiger partial charge in [-0.1, -0.05) is 13.0 Å². The van der Waals surface area contributed by atoms with Crippen molar-refractivity contribution in [2.75, 3.05) is 7.11 Å². The first-order chi connectivity index (χ1) is 10.1. The van der Waals surface area contributed by atoms with Gasteiger partial charge in [0.25, 0.3) is 0 Å². The molecule has 21 heavy (non-hydrogen) atoms. The summed E-state index contributed by atoms with van der Waals surface area (Å²) in [5.74, 6) is 1.45. The normalized spacial score (nSPS) is 12.2. The van der Waals surface area contributed by atoms with E-state index in [0.29, 0.717) is 6.61 Å². The minimum absolute atomic E-state index is 0.176. The second-order valence-corrected chi connectivity index (χ2v) is 5.13. The van der Waals surface area contributed by atoms with Gasteiger partial charge in [-0.2, -0.15) is 5.10 Å². The number of hydrogen-bond donors (Lipinski definition) is 1. The van der Waals surface area contributed by atoms with Gasteiger partial charge in [0.15, 0.2) is 11.5 Å². The number of aromatic nitrogens is 2. The zero-order valence-corrected chi connectivity index (χ0v) is 12.9. The Morgan fingerprint density at radius 1 is 1.29 bits per heavy atom. The van der Waals surface area contributed by atoms with E-state index in [4.69, 9.17) is 15.2 Å². The van der Waals surface area contributed by atoms with E-state index >= 15 is 0 Å². The van der Waals surface area contributed by atoms with Gasteiger partial charge in [0.2, 0.25) is 0 Å². The van der Waals surface area contributed by atoms with Crippen molar-refractivity contribution in [3.05, 3.63) is 41.7 Å². The maximum atomic E-state index is 5.99. The first kappa shape index (κ1) is 15.4. The second-order valence-electron chi connectivity index (χ2n) is 5.13. The lowest BCUT2D eigenvalue weighted by molar-refractivity contribution is 0.279. The molecular formula is C16H23N3O2. The van der Waals surface area contributed by atoms with Crippen LogP contribution in [0.1, 0.15) is 24.6 Å². The average Bonchev–Trinajstić information content (AvgIpc) is 2.91. The van der Waals surface area contributed by atoms with E-state index in [-0.39, 0.29) is 6.04 Å². The predicted molar refractivity (Wildman–Crippen MR) is 82.5 cm³/mol. The number of nitrogens with zero attached hydrogens (tertiary/aromatic N) is 2. The highest BCUT2D eigenvalue weighted by Gasteiger charge is 2.09. The number of ether oxygens (including phenoxy) is 2. The molecule has 1 atom stereocenters. The molecule has 0 radical (unpaired) electrons. The van der Waals surface area contributed by atoms with E-state index in [2.05, 4.69) is 12.0 Å². The van der Waals surface area contributed by atoms with Crippen LogP contribution in [-0.4, -0.2) is 22.9 Å². The summed E-state index contributed by atoms with van der Waals surface area (Å²) in [5.41, 5.74) is 8.03. The third kappa shape index (κ3) is 4.23. The summed E-state index contributed by atoms with van der Waals surface area (Å²) in [7, 11) is 3.53. The van der Waals surface area contributed by atoms with Crippen molar-refractivity contribution in [2.45, 2.75) is 32.4 Å². The number of rotatable bonds is 7. The van der Waals surface area contributed by atoms with Crippen molar-refractivity contribution >= 4 is 0 Å². The van der Waals surface area contributed by atoms with E-state index < -0.39 is 0 Å². The summed E-state index contributed by atoms with van der Waals surface area (Å²) in [6.07, 6.45) is 3.69. The average molecular weight is 289 g/mol. The summed E-state index contributed by atoms with van der Waals surface area (Å²) in [6, 6.07) is 8.06. The van der Waals surface area contributed by atoms with Crippen molar-refractivity contribution in [2.24, 2.45) is 12.8 Å². The van der Waals surface area contributed by atoms with Crippen LogP contribution in [0.2, 0.25) is 0 Å². The Balaban J connectivity index is 2.05. The topological polar surface area (TPSA) is 62.3 Å². The molecule has 0 aliphatic rings. The summed E-state index contributed by atoms with van der Waals surface area (Å²) < 4.78 is 12.9. The number of methoxy groups -OCH3 is 1. The van der Waals surface area contributed by atoms with Gasteiger partial charge in [-0.05, 0) is 36.6 Å². The fourth-order valence-electron chi connectivity index (χ4n) is 2.10. The largest absolute Gasteiger partial charge is 0.493 e. The molecule has 5 nitrogen and oxygen atoms in total. The summed E-state index contributed by atoms with van der Waals surface area (Å²) >= 11 is 0. The Morgan fingerprint density at radius 3 is 2.71 bits per heavy atom. The lowest BCUT2D eigenvalue weighted by Gasteiger charge is -2.13. The number of aryl methyl sites for hydroxylation is 1. The monoisotopic (exact) mass is 289 g/mol. The third-order valence-electron chi connectivity index (χ3n) is 3.39. The molecule has 2 rings (SSSR count). The summed E-state index contributed by atoms with van der Waals surface area (Å²) in [6.45, 7) is 2.51. The van der Waals surface area contributed by atoms with Crippen LogP contribution in [0.25, 0.3) is 0 Å². The molecule has 5 heteroatoms. The van der Waals surface area contributed by atoms with Gasteiger partial charge in [0, 0.05) is 19.3 Å². The lowest BCUT2D eigenvalue weighted by atomic mass is 10.0. The molecule has 1 aromatic heterocycles. The molecule has 114 valence electrons. The van der Waals surface area contributed by atoms with E-state index in [9.17, 15) is 0 Å². The number of hydrogen-bond acceptors (Lipinski definition) is 4. The summed E-state index contributed by atoms with van der Waals surface area (Å²) in [5, 5.41) is 4.28.